The van der Waals surface area contributed by atoms with Crippen LogP contribution in [-0.4, -0.2) is 25.5 Å². The van der Waals surface area contributed by atoms with Crippen molar-refractivity contribution in [1.82, 2.24) is 0 Å². The highest BCUT2D eigenvalue weighted by molar-refractivity contribution is 6.54. The first-order valence-electron chi connectivity index (χ1n) is 17.3. The van der Waals surface area contributed by atoms with Gasteiger partial charge >= 0.3 is 0 Å². The van der Waals surface area contributed by atoms with Gasteiger partial charge in [-0.15, -0.1) is 0 Å². The lowest BCUT2D eigenvalue weighted by atomic mass is 9.70. The smallest absolute Gasteiger partial charge is 0.0854 e. The maximum absolute atomic E-state index is 4.21. The molecule has 0 bridgehead atoms. The molecule has 2 aromatic carbocycles. The van der Waals surface area contributed by atoms with Crippen LogP contribution in [0.15, 0.2) is 69.7 Å². The fraction of sp³-hybridized carbons (Fsp3) is 0.561. The van der Waals surface area contributed by atoms with Crippen LogP contribution < -0.4 is 0 Å². The summed E-state index contributed by atoms with van der Waals surface area (Å²) in [5.41, 5.74) is 13.7. The predicted molar refractivity (Wildman–Crippen MR) is 192 cm³/mol. The van der Waals surface area contributed by atoms with Crippen LogP contribution in [0, 0.1) is 13.8 Å². The average molecular weight is 581 g/mol. The molecule has 0 spiro atoms. The van der Waals surface area contributed by atoms with Gasteiger partial charge in [-0.3, -0.25) is 9.98 Å². The number of hydrogen-bond acceptors (Lipinski definition) is 2. The minimum atomic E-state index is 0.234. The fourth-order valence-corrected chi connectivity index (χ4v) is 7.15. The van der Waals surface area contributed by atoms with Crippen LogP contribution in [-0.2, 0) is 5.41 Å². The zero-order chi connectivity index (χ0) is 31.2. The van der Waals surface area contributed by atoms with Gasteiger partial charge in [0.25, 0.3) is 0 Å². The van der Waals surface area contributed by atoms with Crippen LogP contribution in [0.1, 0.15) is 140 Å². The van der Waals surface area contributed by atoms with Gasteiger partial charge in [-0.2, -0.15) is 0 Å². The Morgan fingerprint density at radius 2 is 0.884 bits per heavy atom. The number of nitrogens with zero attached hydrogens (tertiary/aromatic N) is 2. The minimum absolute atomic E-state index is 0.234. The van der Waals surface area contributed by atoms with Crippen LogP contribution in [0.4, 0.5) is 0 Å². The highest BCUT2D eigenvalue weighted by atomic mass is 14.8. The van der Waals surface area contributed by atoms with E-state index in [1.807, 2.05) is 0 Å². The molecule has 0 aliphatic heterocycles. The van der Waals surface area contributed by atoms with E-state index >= 15 is 0 Å². The van der Waals surface area contributed by atoms with E-state index in [-0.39, 0.29) is 5.41 Å². The molecule has 43 heavy (non-hydrogen) atoms. The minimum Gasteiger partial charge on any atom is -0.286 e. The first-order chi connectivity index (χ1) is 20.8. The Hall–Kier alpha value is -2.74. The lowest BCUT2D eigenvalue weighted by Crippen LogP contribution is -2.25. The number of aryl methyl sites for hydroxylation is 2. The van der Waals surface area contributed by atoms with Crippen LogP contribution in [0.3, 0.4) is 0 Å². The predicted octanol–water partition coefficient (Wildman–Crippen LogP) is 12.1. The summed E-state index contributed by atoms with van der Waals surface area (Å²) in [6.07, 6.45) is 23.4. The van der Waals surface area contributed by atoms with E-state index in [4.69, 9.17) is 0 Å². The third kappa shape index (κ3) is 8.90. The van der Waals surface area contributed by atoms with Crippen molar-refractivity contribution in [2.45, 2.75) is 137 Å². The zero-order valence-corrected chi connectivity index (χ0v) is 28.9. The molecule has 0 radical (unpaired) electrons. The number of unbranched alkanes of at least 4 members (excludes halogenated alkanes) is 10. The fourth-order valence-electron chi connectivity index (χ4n) is 7.15. The average Bonchev–Trinajstić information content (AvgIpc) is 3.26. The SMILES string of the molecule is CCCCCCCCC1(CCCCCCCC)c2cc(C)ccc2-c2ccc(C)cc21.CN=C1C(C)=CC=C(C)C1=NC. The molecule has 0 aromatic heterocycles. The molecule has 0 heterocycles. The molecule has 234 valence electrons. The van der Waals surface area contributed by atoms with E-state index in [0.29, 0.717) is 0 Å². The molecule has 0 unspecified atom stereocenters. The van der Waals surface area contributed by atoms with Crippen LogP contribution >= 0.6 is 0 Å². The summed E-state index contributed by atoms with van der Waals surface area (Å²) in [6, 6.07) is 14.5. The Labute approximate surface area is 264 Å². The van der Waals surface area contributed by atoms with E-state index in [0.717, 1.165) is 11.4 Å². The Kier molecular flexibility index (Phi) is 14.2. The lowest BCUT2D eigenvalue weighted by molar-refractivity contribution is 0.397. The van der Waals surface area contributed by atoms with Crippen molar-refractivity contribution in [3.05, 3.63) is 82.0 Å². The van der Waals surface area contributed by atoms with Gasteiger partial charge < -0.3 is 0 Å². The molecule has 2 heteroatoms. The molecule has 0 fully saturated rings. The first-order valence-corrected chi connectivity index (χ1v) is 17.3. The van der Waals surface area contributed by atoms with E-state index in [1.54, 1.807) is 25.2 Å². The molecule has 0 saturated heterocycles. The molecular formula is C41H60N2. The third-order valence-electron chi connectivity index (χ3n) is 9.59. The van der Waals surface area contributed by atoms with Gasteiger partial charge in [0.15, 0.2) is 0 Å². The van der Waals surface area contributed by atoms with E-state index in [9.17, 15) is 0 Å². The van der Waals surface area contributed by atoms with Crippen LogP contribution in [0.5, 0.6) is 0 Å². The number of fused-ring (bicyclic) bond motifs is 3. The zero-order valence-electron chi connectivity index (χ0n) is 28.9. The number of hydrogen-bond donors (Lipinski definition) is 0. The molecule has 2 aliphatic rings. The summed E-state index contributed by atoms with van der Waals surface area (Å²) >= 11 is 0. The second-order valence-corrected chi connectivity index (χ2v) is 13.1. The monoisotopic (exact) mass is 580 g/mol. The molecular weight excluding hydrogens is 520 g/mol. The standard InChI is InChI=1S/C31H46.C10H14N2/c1-5-7-9-11-13-15-21-31(22-16-14-12-10-8-6-2)29-23-25(3)17-19-27(29)28-20-18-26(4)24-30(28)31;1-7-5-6-8(2)10(12-4)9(7)11-3/h17-20,23-24H,5-16,21-22H2,1-4H3;5-6H,1-4H3. The van der Waals surface area contributed by atoms with Crippen LogP contribution in [0.25, 0.3) is 11.1 Å². The van der Waals surface area contributed by atoms with Crippen molar-refractivity contribution in [3.8, 4) is 11.1 Å². The Morgan fingerprint density at radius 3 is 1.26 bits per heavy atom. The van der Waals surface area contributed by atoms with Gasteiger partial charge in [-0.1, -0.05) is 151 Å². The van der Waals surface area contributed by atoms with Crippen molar-refractivity contribution in [2.24, 2.45) is 9.98 Å². The Balaban J connectivity index is 0.000000353. The summed E-state index contributed by atoms with van der Waals surface area (Å²) in [5.74, 6) is 0. The van der Waals surface area contributed by atoms with Gasteiger partial charge in [0.1, 0.15) is 0 Å². The van der Waals surface area contributed by atoms with Gasteiger partial charge in [0.2, 0.25) is 0 Å². The lowest BCUT2D eigenvalue weighted by Gasteiger charge is -2.33. The van der Waals surface area contributed by atoms with Gasteiger partial charge in [0.05, 0.1) is 11.4 Å². The summed E-state index contributed by atoms with van der Waals surface area (Å²) in [7, 11) is 3.60. The number of rotatable bonds is 14. The highest BCUT2D eigenvalue weighted by Crippen LogP contribution is 2.54. The van der Waals surface area contributed by atoms with Crippen molar-refractivity contribution in [3.63, 3.8) is 0 Å². The topological polar surface area (TPSA) is 24.7 Å². The molecule has 2 aliphatic carbocycles. The number of allylic oxidation sites excluding steroid dienone is 4. The summed E-state index contributed by atoms with van der Waals surface area (Å²) < 4.78 is 0. The Bertz CT molecular complexity index is 1200. The van der Waals surface area contributed by atoms with Gasteiger partial charge in [-0.25, -0.2) is 0 Å². The summed E-state index contributed by atoms with van der Waals surface area (Å²) in [4.78, 5) is 8.42. The molecule has 2 aromatic rings. The third-order valence-corrected chi connectivity index (χ3v) is 9.59. The van der Waals surface area contributed by atoms with Gasteiger partial charge in [-0.05, 0) is 73.9 Å². The number of benzene rings is 2. The summed E-state index contributed by atoms with van der Waals surface area (Å²) in [5, 5.41) is 0. The Morgan fingerprint density at radius 1 is 0.512 bits per heavy atom. The highest BCUT2D eigenvalue weighted by Gasteiger charge is 2.42. The van der Waals surface area contributed by atoms with Crippen molar-refractivity contribution < 1.29 is 0 Å². The van der Waals surface area contributed by atoms with Crippen molar-refractivity contribution >= 4 is 11.4 Å². The normalized spacial score (nSPS) is 16.8. The molecule has 0 N–H and O–H groups in total. The van der Waals surface area contributed by atoms with Crippen molar-refractivity contribution in [1.29, 1.82) is 0 Å². The van der Waals surface area contributed by atoms with Gasteiger partial charge in [0, 0.05) is 19.5 Å². The molecule has 0 amide bonds. The summed E-state index contributed by atoms with van der Waals surface area (Å²) in [6.45, 7) is 13.3. The maximum Gasteiger partial charge on any atom is 0.0854 e. The van der Waals surface area contributed by atoms with E-state index in [2.05, 4.69) is 100 Å². The van der Waals surface area contributed by atoms with E-state index in [1.165, 1.54) is 123 Å². The second kappa shape index (κ2) is 17.5. The molecule has 0 atom stereocenters. The first kappa shape index (κ1) is 34.7. The van der Waals surface area contributed by atoms with E-state index < -0.39 is 0 Å². The molecule has 4 rings (SSSR count). The number of aliphatic imine (C=N–C) groups is 2. The quantitative estimate of drug-likeness (QED) is 0.157. The second-order valence-electron chi connectivity index (χ2n) is 13.1. The molecule has 2 nitrogen and oxygen atoms in total. The molecule has 0 saturated carbocycles. The van der Waals surface area contributed by atoms with Crippen LogP contribution in [0.2, 0.25) is 0 Å². The van der Waals surface area contributed by atoms with Crippen molar-refractivity contribution in [2.75, 3.05) is 14.1 Å². The maximum atomic E-state index is 4.21. The largest absolute Gasteiger partial charge is 0.286 e.